The Bertz CT molecular complexity index is 1140. The molecule has 1 aromatic heterocycles. The summed E-state index contributed by atoms with van der Waals surface area (Å²) in [7, 11) is 0. The largest absolute Gasteiger partial charge is 0.454 e. The van der Waals surface area contributed by atoms with Crippen molar-refractivity contribution < 1.29 is 18.7 Å². The maximum atomic E-state index is 12.9. The second-order valence-electron chi connectivity index (χ2n) is 7.33. The van der Waals surface area contributed by atoms with Gasteiger partial charge in [0.1, 0.15) is 10.9 Å². The maximum absolute atomic E-state index is 12.9. The van der Waals surface area contributed by atoms with E-state index >= 15 is 0 Å². The van der Waals surface area contributed by atoms with E-state index in [2.05, 4.69) is 10.2 Å². The molecule has 2 aromatic carbocycles. The van der Waals surface area contributed by atoms with Gasteiger partial charge in [-0.3, -0.25) is 4.79 Å². The average molecular weight is 456 g/mol. The fraction of sp³-hybridized carbons (Fsp3) is 0.273. The topological polar surface area (TPSA) is 85.5 Å². The van der Waals surface area contributed by atoms with Crippen molar-refractivity contribution in [3.63, 3.8) is 0 Å². The first-order valence-corrected chi connectivity index (χ1v) is 11.2. The molecule has 3 aromatic rings. The minimum Gasteiger partial charge on any atom is -0.454 e. The van der Waals surface area contributed by atoms with E-state index in [0.29, 0.717) is 29.2 Å². The van der Waals surface area contributed by atoms with Crippen LogP contribution in [0.4, 0.5) is 0 Å². The third-order valence-corrected chi connectivity index (χ3v) is 7.46. The highest BCUT2D eigenvalue weighted by Gasteiger charge is 2.57. The van der Waals surface area contributed by atoms with E-state index in [4.69, 9.17) is 20.8 Å². The fourth-order valence-corrected chi connectivity index (χ4v) is 5.95. The number of nitrogens with zero attached hydrogens (tertiary/aromatic N) is 3. The molecule has 2 atom stereocenters. The molecule has 0 N–H and O–H groups in total. The highest BCUT2D eigenvalue weighted by molar-refractivity contribution is 8.00. The van der Waals surface area contributed by atoms with Crippen molar-refractivity contribution in [2.45, 2.75) is 30.4 Å². The zero-order valence-corrected chi connectivity index (χ0v) is 17.9. The Hall–Kier alpha value is -2.84. The number of amides is 1. The first kappa shape index (κ1) is 20.1. The average Bonchev–Trinajstić information content (AvgIpc) is 3.50. The predicted molar refractivity (Wildman–Crippen MR) is 115 cm³/mol. The number of rotatable bonds is 5. The van der Waals surface area contributed by atoms with Crippen LogP contribution in [0.1, 0.15) is 24.3 Å². The quantitative estimate of drug-likeness (QED) is 0.537. The van der Waals surface area contributed by atoms with Crippen LogP contribution in [0.2, 0.25) is 5.02 Å². The molecule has 0 unspecified atom stereocenters. The van der Waals surface area contributed by atoms with Gasteiger partial charge in [0.15, 0.2) is 6.61 Å². The molecule has 0 bridgehead atoms. The van der Waals surface area contributed by atoms with Crippen LogP contribution >= 0.6 is 23.4 Å². The van der Waals surface area contributed by atoms with Crippen LogP contribution in [-0.4, -0.2) is 38.8 Å². The summed E-state index contributed by atoms with van der Waals surface area (Å²) in [6.45, 7) is -0.169. The summed E-state index contributed by atoms with van der Waals surface area (Å²) in [6, 6.07) is 16.3. The summed E-state index contributed by atoms with van der Waals surface area (Å²) in [6.07, 6.45) is 1.09. The third kappa shape index (κ3) is 3.49. The third-order valence-electron chi connectivity index (χ3n) is 5.53. The van der Waals surface area contributed by atoms with E-state index < -0.39 is 16.9 Å². The Morgan fingerprint density at radius 2 is 1.97 bits per heavy atom. The Balaban J connectivity index is 1.30. The van der Waals surface area contributed by atoms with E-state index in [0.717, 1.165) is 5.56 Å². The van der Waals surface area contributed by atoms with Gasteiger partial charge in [-0.2, -0.15) is 0 Å². The van der Waals surface area contributed by atoms with Gasteiger partial charge in [-0.25, -0.2) is 4.79 Å². The number of fused-ring (bicyclic) bond motifs is 1. The van der Waals surface area contributed by atoms with Gasteiger partial charge >= 0.3 is 5.97 Å². The number of aromatic nitrogens is 2. The molecular weight excluding hydrogens is 438 g/mol. The summed E-state index contributed by atoms with van der Waals surface area (Å²) in [4.78, 5) is 26.7. The minimum absolute atomic E-state index is 0.0328. The van der Waals surface area contributed by atoms with Gasteiger partial charge in [0.2, 0.25) is 11.8 Å². The van der Waals surface area contributed by atoms with Crippen molar-refractivity contribution in [1.82, 2.24) is 15.1 Å². The Labute approximate surface area is 187 Å². The van der Waals surface area contributed by atoms with Gasteiger partial charge in [-0.15, -0.1) is 22.0 Å². The monoisotopic (exact) mass is 455 g/mol. The van der Waals surface area contributed by atoms with Crippen molar-refractivity contribution in [2.75, 3.05) is 5.75 Å². The van der Waals surface area contributed by atoms with Crippen LogP contribution in [-0.2, 0) is 25.8 Å². The van der Waals surface area contributed by atoms with Gasteiger partial charge in [-0.05, 0) is 24.1 Å². The Kier molecular flexibility index (Phi) is 5.19. The number of carbonyl (C=O) groups is 2. The molecule has 158 valence electrons. The van der Waals surface area contributed by atoms with Crippen molar-refractivity contribution >= 4 is 35.2 Å². The molecule has 0 saturated carbocycles. The number of hydrogen-bond acceptors (Lipinski definition) is 7. The molecule has 9 heteroatoms. The first-order chi connectivity index (χ1) is 15.1. The number of ether oxygens (including phenoxy) is 1. The molecule has 0 aliphatic carbocycles. The highest BCUT2D eigenvalue weighted by atomic mass is 35.5. The fourth-order valence-electron chi connectivity index (χ4n) is 4.10. The molecule has 3 heterocycles. The van der Waals surface area contributed by atoms with Crippen LogP contribution in [0.3, 0.4) is 0 Å². The van der Waals surface area contributed by atoms with Gasteiger partial charge in [-0.1, -0.05) is 54.1 Å². The SMILES string of the molecule is O=C(OCc1nnc(-c2ccccc2Cl)o1)[C@@H]1CS[C@]2(c3ccccc3)CCC(=O)N12. The van der Waals surface area contributed by atoms with Crippen molar-refractivity contribution in [2.24, 2.45) is 0 Å². The van der Waals surface area contributed by atoms with Crippen LogP contribution in [0.25, 0.3) is 11.5 Å². The van der Waals surface area contributed by atoms with Crippen LogP contribution < -0.4 is 0 Å². The van der Waals surface area contributed by atoms with Gasteiger partial charge in [0.25, 0.3) is 5.89 Å². The summed E-state index contributed by atoms with van der Waals surface area (Å²) in [5.74, 6) is 0.392. The van der Waals surface area contributed by atoms with E-state index in [-0.39, 0.29) is 24.3 Å². The lowest BCUT2D eigenvalue weighted by Gasteiger charge is -2.33. The van der Waals surface area contributed by atoms with E-state index in [1.165, 1.54) is 0 Å². The molecule has 2 saturated heterocycles. The van der Waals surface area contributed by atoms with Gasteiger partial charge < -0.3 is 14.1 Å². The number of benzene rings is 2. The molecule has 2 fully saturated rings. The van der Waals surface area contributed by atoms with Crippen molar-refractivity contribution in [3.05, 3.63) is 71.1 Å². The molecule has 7 nitrogen and oxygen atoms in total. The summed E-state index contributed by atoms with van der Waals surface area (Å²) < 4.78 is 11.0. The second kappa shape index (κ2) is 8.01. The molecular formula is C22H18ClN3O4S. The molecule has 2 aliphatic heterocycles. The van der Waals surface area contributed by atoms with E-state index in [9.17, 15) is 9.59 Å². The van der Waals surface area contributed by atoms with E-state index in [1.54, 1.807) is 34.9 Å². The number of carbonyl (C=O) groups excluding carboxylic acids is 2. The van der Waals surface area contributed by atoms with Gasteiger partial charge in [0.05, 0.1) is 10.6 Å². The summed E-state index contributed by atoms with van der Waals surface area (Å²) >= 11 is 7.77. The maximum Gasteiger partial charge on any atom is 0.330 e. The van der Waals surface area contributed by atoms with Crippen LogP contribution in [0.5, 0.6) is 0 Å². The minimum atomic E-state index is -0.647. The summed E-state index contributed by atoms with van der Waals surface area (Å²) in [5.41, 5.74) is 1.64. The second-order valence-corrected chi connectivity index (χ2v) is 9.03. The Morgan fingerprint density at radius 1 is 1.19 bits per heavy atom. The lowest BCUT2D eigenvalue weighted by molar-refractivity contribution is -0.155. The zero-order chi connectivity index (χ0) is 21.4. The molecule has 2 aliphatic rings. The predicted octanol–water partition coefficient (Wildman–Crippen LogP) is 4.02. The highest BCUT2D eigenvalue weighted by Crippen LogP contribution is 2.54. The Morgan fingerprint density at radius 3 is 2.77 bits per heavy atom. The van der Waals surface area contributed by atoms with E-state index in [1.807, 2.05) is 36.4 Å². The standard InChI is InChI=1S/C22H18ClN3O4S/c23-16-9-5-4-8-15(16)20-25-24-18(30-20)12-29-21(28)17-13-31-22(11-10-19(27)26(17)22)14-6-2-1-3-7-14/h1-9,17H,10-13H2/t17-,22-/m0/s1. The van der Waals surface area contributed by atoms with Crippen molar-refractivity contribution in [3.8, 4) is 11.5 Å². The van der Waals surface area contributed by atoms with Gasteiger partial charge in [0, 0.05) is 12.2 Å². The molecule has 0 spiro atoms. The lowest BCUT2D eigenvalue weighted by Crippen LogP contribution is -2.46. The number of esters is 1. The first-order valence-electron chi connectivity index (χ1n) is 9.84. The summed E-state index contributed by atoms with van der Waals surface area (Å²) in [5, 5.41) is 8.40. The number of halogens is 1. The molecule has 0 radical (unpaired) electrons. The zero-order valence-electron chi connectivity index (χ0n) is 16.4. The smallest absolute Gasteiger partial charge is 0.330 e. The van der Waals surface area contributed by atoms with Crippen LogP contribution in [0.15, 0.2) is 59.0 Å². The molecule has 1 amide bonds. The lowest BCUT2D eigenvalue weighted by atomic mass is 10.0. The van der Waals surface area contributed by atoms with Crippen LogP contribution in [0, 0.1) is 0 Å². The number of hydrogen-bond donors (Lipinski definition) is 0. The molecule has 5 rings (SSSR count). The normalized spacial score (nSPS) is 22.5. The molecule has 31 heavy (non-hydrogen) atoms. The van der Waals surface area contributed by atoms with Crippen molar-refractivity contribution in [1.29, 1.82) is 0 Å². The number of thioether (sulfide) groups is 1.